The molecule has 2 rings (SSSR count). The zero-order valence-corrected chi connectivity index (χ0v) is 12.6. The van der Waals surface area contributed by atoms with Gasteiger partial charge in [0.25, 0.3) is 0 Å². The number of ether oxygens (including phenoxy) is 1. The third kappa shape index (κ3) is 3.84. The molecule has 1 aromatic heterocycles. The molecule has 110 valence electrons. The summed E-state index contributed by atoms with van der Waals surface area (Å²) in [4.78, 5) is 0. The number of hydrogen-bond acceptors (Lipinski definition) is 2. The molecule has 2 aromatic rings. The Kier molecular flexibility index (Phi) is 5.62. The number of aromatic nitrogens is 1. The van der Waals surface area contributed by atoms with Crippen LogP contribution >= 0.6 is 0 Å². The van der Waals surface area contributed by atoms with E-state index in [0.29, 0.717) is 0 Å². The molecule has 0 saturated carbocycles. The maximum absolute atomic E-state index is 5.95. The van der Waals surface area contributed by atoms with E-state index < -0.39 is 0 Å². The van der Waals surface area contributed by atoms with Crippen molar-refractivity contribution < 1.29 is 4.74 Å². The normalized spacial score (nSPS) is 12.9. The fourth-order valence-electron chi connectivity index (χ4n) is 2.53. The Morgan fingerprint density at radius 2 is 2.05 bits per heavy atom. The number of nitrogens with two attached hydrogens (primary N) is 1. The standard InChI is InChI=1S/C17H26N2O/c1-3-4-10-20-11-9-19-13-15(12-14(2)18)16-7-5-6-8-17(16)19/h5-8,13-14H,3-4,9-12,18H2,1-2H3. The Balaban J connectivity index is 2.08. The Morgan fingerprint density at radius 1 is 1.25 bits per heavy atom. The van der Waals surface area contributed by atoms with Gasteiger partial charge in [0.1, 0.15) is 0 Å². The van der Waals surface area contributed by atoms with E-state index in [2.05, 4.69) is 48.9 Å². The zero-order chi connectivity index (χ0) is 14.4. The molecule has 2 N–H and O–H groups in total. The fraction of sp³-hybridized carbons (Fsp3) is 0.529. The summed E-state index contributed by atoms with van der Waals surface area (Å²) in [6, 6.07) is 8.73. The van der Waals surface area contributed by atoms with Gasteiger partial charge in [0.15, 0.2) is 0 Å². The Morgan fingerprint density at radius 3 is 2.80 bits per heavy atom. The minimum atomic E-state index is 0.190. The number of benzene rings is 1. The molecule has 3 heteroatoms. The van der Waals surface area contributed by atoms with Crippen LogP contribution in [0.2, 0.25) is 0 Å². The first-order valence-electron chi connectivity index (χ1n) is 7.62. The van der Waals surface area contributed by atoms with E-state index in [4.69, 9.17) is 10.5 Å². The van der Waals surface area contributed by atoms with Gasteiger partial charge in [-0.3, -0.25) is 0 Å². The maximum Gasteiger partial charge on any atom is 0.0645 e. The fourth-order valence-corrected chi connectivity index (χ4v) is 2.53. The van der Waals surface area contributed by atoms with Crippen molar-refractivity contribution in [3.63, 3.8) is 0 Å². The maximum atomic E-state index is 5.95. The molecule has 0 bridgehead atoms. The van der Waals surface area contributed by atoms with E-state index in [0.717, 1.165) is 32.6 Å². The largest absolute Gasteiger partial charge is 0.380 e. The van der Waals surface area contributed by atoms with Gasteiger partial charge in [-0.15, -0.1) is 0 Å². The lowest BCUT2D eigenvalue weighted by Gasteiger charge is -2.06. The van der Waals surface area contributed by atoms with Crippen LogP contribution in [0.4, 0.5) is 0 Å². The minimum absolute atomic E-state index is 0.190. The van der Waals surface area contributed by atoms with Gasteiger partial charge in [0.2, 0.25) is 0 Å². The molecule has 1 aromatic carbocycles. The SMILES string of the molecule is CCCCOCCn1cc(CC(C)N)c2ccccc21. The molecule has 0 radical (unpaired) electrons. The second-order valence-corrected chi connectivity index (χ2v) is 5.51. The monoisotopic (exact) mass is 274 g/mol. The molecule has 0 saturated heterocycles. The average Bonchev–Trinajstić information content (AvgIpc) is 2.77. The molecular formula is C17H26N2O. The van der Waals surface area contributed by atoms with Gasteiger partial charge in [-0.05, 0) is 31.4 Å². The van der Waals surface area contributed by atoms with E-state index in [1.165, 1.54) is 22.9 Å². The van der Waals surface area contributed by atoms with E-state index in [1.54, 1.807) is 0 Å². The molecule has 1 heterocycles. The predicted molar refractivity (Wildman–Crippen MR) is 85.0 cm³/mol. The lowest BCUT2D eigenvalue weighted by Crippen LogP contribution is -2.17. The van der Waals surface area contributed by atoms with Crippen molar-refractivity contribution in [2.45, 2.75) is 45.7 Å². The van der Waals surface area contributed by atoms with E-state index in [9.17, 15) is 0 Å². The number of para-hydroxylation sites is 1. The first-order valence-corrected chi connectivity index (χ1v) is 7.62. The molecule has 0 fully saturated rings. The Bertz CT molecular complexity index is 531. The van der Waals surface area contributed by atoms with Crippen LogP contribution in [0.3, 0.4) is 0 Å². The van der Waals surface area contributed by atoms with E-state index in [1.807, 2.05) is 0 Å². The van der Waals surface area contributed by atoms with Crippen molar-refractivity contribution in [3.05, 3.63) is 36.0 Å². The molecular weight excluding hydrogens is 248 g/mol. The predicted octanol–water partition coefficient (Wildman–Crippen LogP) is 3.35. The number of hydrogen-bond donors (Lipinski definition) is 1. The van der Waals surface area contributed by atoms with Crippen LogP contribution in [-0.2, 0) is 17.7 Å². The van der Waals surface area contributed by atoms with Crippen LogP contribution < -0.4 is 5.73 Å². The van der Waals surface area contributed by atoms with Crippen LogP contribution in [0, 0.1) is 0 Å². The van der Waals surface area contributed by atoms with Gasteiger partial charge in [-0.1, -0.05) is 31.5 Å². The summed E-state index contributed by atoms with van der Waals surface area (Å²) in [6.07, 6.45) is 5.48. The highest BCUT2D eigenvalue weighted by Gasteiger charge is 2.09. The molecule has 1 atom stereocenters. The van der Waals surface area contributed by atoms with Gasteiger partial charge in [-0.2, -0.15) is 0 Å². The quantitative estimate of drug-likeness (QED) is 0.750. The molecule has 0 aliphatic heterocycles. The zero-order valence-electron chi connectivity index (χ0n) is 12.6. The summed E-state index contributed by atoms with van der Waals surface area (Å²) in [5.41, 5.74) is 8.56. The second kappa shape index (κ2) is 7.46. The highest BCUT2D eigenvalue weighted by Crippen LogP contribution is 2.22. The second-order valence-electron chi connectivity index (χ2n) is 5.51. The highest BCUT2D eigenvalue weighted by molar-refractivity contribution is 5.84. The molecule has 0 amide bonds. The molecule has 20 heavy (non-hydrogen) atoms. The minimum Gasteiger partial charge on any atom is -0.380 e. The van der Waals surface area contributed by atoms with Crippen molar-refractivity contribution in [2.75, 3.05) is 13.2 Å². The summed E-state index contributed by atoms with van der Waals surface area (Å²) < 4.78 is 7.96. The van der Waals surface area contributed by atoms with Crippen LogP contribution in [0.25, 0.3) is 10.9 Å². The van der Waals surface area contributed by atoms with Crippen molar-refractivity contribution in [2.24, 2.45) is 5.73 Å². The summed E-state index contributed by atoms with van der Waals surface area (Å²) in [5, 5.41) is 1.32. The van der Waals surface area contributed by atoms with Gasteiger partial charge in [0, 0.05) is 36.3 Å². The number of fused-ring (bicyclic) bond motifs is 1. The summed E-state index contributed by atoms with van der Waals surface area (Å²) >= 11 is 0. The van der Waals surface area contributed by atoms with Crippen LogP contribution in [0.1, 0.15) is 32.3 Å². The van der Waals surface area contributed by atoms with Gasteiger partial charge in [-0.25, -0.2) is 0 Å². The lowest BCUT2D eigenvalue weighted by molar-refractivity contribution is 0.124. The molecule has 0 aliphatic rings. The Labute approximate surface area is 121 Å². The van der Waals surface area contributed by atoms with Gasteiger partial charge < -0.3 is 15.0 Å². The average molecular weight is 274 g/mol. The first kappa shape index (κ1) is 15.1. The van der Waals surface area contributed by atoms with Crippen LogP contribution in [-0.4, -0.2) is 23.8 Å². The molecule has 3 nitrogen and oxygen atoms in total. The van der Waals surface area contributed by atoms with E-state index >= 15 is 0 Å². The molecule has 0 spiro atoms. The van der Waals surface area contributed by atoms with Gasteiger partial charge in [0.05, 0.1) is 6.61 Å². The number of unbranched alkanes of at least 4 members (excludes halogenated alkanes) is 1. The summed E-state index contributed by atoms with van der Waals surface area (Å²) in [5.74, 6) is 0. The molecule has 1 unspecified atom stereocenters. The van der Waals surface area contributed by atoms with Gasteiger partial charge >= 0.3 is 0 Å². The summed E-state index contributed by atoms with van der Waals surface area (Å²) in [6.45, 7) is 6.78. The van der Waals surface area contributed by atoms with Crippen LogP contribution in [0.5, 0.6) is 0 Å². The Hall–Kier alpha value is -1.32. The number of nitrogens with zero attached hydrogens (tertiary/aromatic N) is 1. The van der Waals surface area contributed by atoms with Crippen molar-refractivity contribution in [1.29, 1.82) is 0 Å². The van der Waals surface area contributed by atoms with Crippen molar-refractivity contribution in [1.82, 2.24) is 4.57 Å². The smallest absolute Gasteiger partial charge is 0.0645 e. The highest BCUT2D eigenvalue weighted by atomic mass is 16.5. The molecule has 0 aliphatic carbocycles. The first-order chi connectivity index (χ1) is 9.72. The lowest BCUT2D eigenvalue weighted by atomic mass is 10.1. The van der Waals surface area contributed by atoms with Crippen LogP contribution in [0.15, 0.2) is 30.5 Å². The summed E-state index contributed by atoms with van der Waals surface area (Å²) in [7, 11) is 0. The topological polar surface area (TPSA) is 40.2 Å². The number of rotatable bonds is 8. The van der Waals surface area contributed by atoms with Crippen molar-refractivity contribution in [3.8, 4) is 0 Å². The van der Waals surface area contributed by atoms with E-state index in [-0.39, 0.29) is 6.04 Å². The third-order valence-corrected chi connectivity index (χ3v) is 3.53. The third-order valence-electron chi connectivity index (χ3n) is 3.53. The van der Waals surface area contributed by atoms with Crippen molar-refractivity contribution >= 4 is 10.9 Å².